The summed E-state index contributed by atoms with van der Waals surface area (Å²) >= 11 is 5.96. The largest absolute Gasteiger partial charge is 0.484 e. The SMILES string of the molecule is CCCCN(C(=O)COc1cccc(Cl)c1)c1c(N)n(Cc2ccccc2)c(=O)[nH]c1=O. The summed E-state index contributed by atoms with van der Waals surface area (Å²) in [4.78, 5) is 41.7. The third-order valence-electron chi connectivity index (χ3n) is 4.86. The molecular weight excluding hydrogens is 432 g/mol. The number of carbonyl (C=O) groups excluding carboxylic acids is 1. The van der Waals surface area contributed by atoms with Crippen LogP contribution in [0.1, 0.15) is 25.3 Å². The zero-order valence-electron chi connectivity index (χ0n) is 17.7. The van der Waals surface area contributed by atoms with Crippen LogP contribution in [-0.2, 0) is 11.3 Å². The molecular formula is C23H25ClN4O4. The van der Waals surface area contributed by atoms with Crippen molar-refractivity contribution in [2.75, 3.05) is 23.8 Å². The van der Waals surface area contributed by atoms with E-state index in [4.69, 9.17) is 22.1 Å². The molecule has 0 aliphatic heterocycles. The van der Waals surface area contributed by atoms with Gasteiger partial charge in [-0.15, -0.1) is 0 Å². The Morgan fingerprint density at radius 1 is 1.16 bits per heavy atom. The molecule has 0 unspecified atom stereocenters. The van der Waals surface area contributed by atoms with Crippen LogP contribution < -0.4 is 26.6 Å². The van der Waals surface area contributed by atoms with Crippen molar-refractivity contribution in [2.24, 2.45) is 0 Å². The van der Waals surface area contributed by atoms with Gasteiger partial charge in [0.1, 0.15) is 11.6 Å². The van der Waals surface area contributed by atoms with Crippen LogP contribution in [0.5, 0.6) is 5.75 Å². The number of nitrogens with one attached hydrogen (secondary N) is 1. The van der Waals surface area contributed by atoms with Crippen molar-refractivity contribution in [2.45, 2.75) is 26.3 Å². The number of nitrogens with zero attached hydrogens (tertiary/aromatic N) is 2. The van der Waals surface area contributed by atoms with Crippen molar-refractivity contribution >= 4 is 29.0 Å². The van der Waals surface area contributed by atoms with Gasteiger partial charge in [0, 0.05) is 11.6 Å². The lowest BCUT2D eigenvalue weighted by molar-refractivity contribution is -0.120. The fourth-order valence-corrected chi connectivity index (χ4v) is 3.40. The Hall–Kier alpha value is -3.52. The summed E-state index contributed by atoms with van der Waals surface area (Å²) in [5.74, 6) is -0.104. The molecule has 1 amide bonds. The number of nitrogens with two attached hydrogens (primary N) is 1. The van der Waals surface area contributed by atoms with Gasteiger partial charge in [0.25, 0.3) is 11.5 Å². The van der Waals surface area contributed by atoms with E-state index in [1.807, 2.05) is 37.3 Å². The molecule has 0 radical (unpaired) electrons. The zero-order chi connectivity index (χ0) is 23.1. The van der Waals surface area contributed by atoms with Gasteiger partial charge in [0.15, 0.2) is 12.3 Å². The Balaban J connectivity index is 1.93. The topological polar surface area (TPSA) is 110 Å². The summed E-state index contributed by atoms with van der Waals surface area (Å²) in [6.07, 6.45) is 1.43. The Morgan fingerprint density at radius 3 is 2.59 bits per heavy atom. The second-order valence-corrected chi connectivity index (χ2v) is 7.65. The van der Waals surface area contributed by atoms with Gasteiger partial charge in [0.2, 0.25) is 0 Å². The monoisotopic (exact) mass is 456 g/mol. The first kappa shape index (κ1) is 23.1. The van der Waals surface area contributed by atoms with E-state index in [9.17, 15) is 14.4 Å². The predicted molar refractivity (Wildman–Crippen MR) is 125 cm³/mol. The smallest absolute Gasteiger partial charge is 0.330 e. The second kappa shape index (κ2) is 10.7. The van der Waals surface area contributed by atoms with Crippen molar-refractivity contribution in [3.63, 3.8) is 0 Å². The van der Waals surface area contributed by atoms with Crippen molar-refractivity contribution in [1.82, 2.24) is 9.55 Å². The van der Waals surface area contributed by atoms with E-state index in [1.54, 1.807) is 24.3 Å². The fraction of sp³-hybridized carbons (Fsp3) is 0.261. The van der Waals surface area contributed by atoms with Crippen LogP contribution in [0.25, 0.3) is 0 Å². The van der Waals surface area contributed by atoms with Crippen LogP contribution in [0.3, 0.4) is 0 Å². The van der Waals surface area contributed by atoms with Crippen molar-refractivity contribution in [3.05, 3.63) is 86.0 Å². The number of halogens is 1. The minimum absolute atomic E-state index is 0.0614. The van der Waals surface area contributed by atoms with E-state index in [2.05, 4.69) is 4.98 Å². The highest BCUT2D eigenvalue weighted by Gasteiger charge is 2.24. The molecule has 0 atom stereocenters. The normalized spacial score (nSPS) is 10.7. The van der Waals surface area contributed by atoms with Crippen LogP contribution in [-0.4, -0.2) is 28.6 Å². The Bertz CT molecular complexity index is 1190. The van der Waals surface area contributed by atoms with E-state index >= 15 is 0 Å². The quantitative estimate of drug-likeness (QED) is 0.514. The molecule has 0 aliphatic carbocycles. The highest BCUT2D eigenvalue weighted by Crippen LogP contribution is 2.20. The maximum atomic E-state index is 13.0. The summed E-state index contributed by atoms with van der Waals surface area (Å²) < 4.78 is 6.81. The van der Waals surface area contributed by atoms with Crippen molar-refractivity contribution in [1.29, 1.82) is 0 Å². The van der Waals surface area contributed by atoms with Gasteiger partial charge in [-0.05, 0) is 30.2 Å². The number of hydrogen-bond donors (Lipinski definition) is 2. The summed E-state index contributed by atoms with van der Waals surface area (Å²) in [5.41, 5.74) is 5.67. The number of aromatic amines is 1. The molecule has 168 valence electrons. The molecule has 0 saturated heterocycles. The van der Waals surface area contributed by atoms with Gasteiger partial charge in [-0.3, -0.25) is 19.1 Å². The average Bonchev–Trinajstić information content (AvgIpc) is 2.78. The minimum atomic E-state index is -0.718. The van der Waals surface area contributed by atoms with Crippen molar-refractivity contribution in [3.8, 4) is 5.75 Å². The van der Waals surface area contributed by atoms with E-state index in [0.717, 1.165) is 12.0 Å². The Kier molecular flexibility index (Phi) is 7.72. The van der Waals surface area contributed by atoms with Crippen LogP contribution in [0, 0.1) is 0 Å². The summed E-state index contributed by atoms with van der Waals surface area (Å²) in [7, 11) is 0. The highest BCUT2D eigenvalue weighted by atomic mass is 35.5. The third kappa shape index (κ3) is 5.59. The lowest BCUT2D eigenvalue weighted by Gasteiger charge is -2.24. The zero-order valence-corrected chi connectivity index (χ0v) is 18.5. The first-order chi connectivity index (χ1) is 15.4. The summed E-state index contributed by atoms with van der Waals surface area (Å²) in [6, 6.07) is 15.9. The molecule has 0 aliphatic rings. The first-order valence-electron chi connectivity index (χ1n) is 10.3. The molecule has 0 saturated carbocycles. The lowest BCUT2D eigenvalue weighted by Crippen LogP contribution is -2.43. The van der Waals surface area contributed by atoms with Gasteiger partial charge in [-0.1, -0.05) is 61.3 Å². The molecule has 0 spiro atoms. The molecule has 1 heterocycles. The number of nitrogen functional groups attached to an aromatic ring is 1. The number of amides is 1. The molecule has 3 rings (SSSR count). The second-order valence-electron chi connectivity index (χ2n) is 7.21. The standard InChI is InChI=1S/C23H25ClN4O4/c1-2-3-12-27(19(29)15-32-18-11-7-10-17(24)13-18)20-21(25)28(23(31)26-22(20)30)14-16-8-5-4-6-9-16/h4-11,13H,2-3,12,14-15,25H2,1H3,(H,26,30,31). The number of rotatable bonds is 9. The molecule has 1 aromatic heterocycles. The maximum absolute atomic E-state index is 13.0. The number of benzene rings is 2. The van der Waals surface area contributed by atoms with Gasteiger partial charge >= 0.3 is 5.69 Å². The van der Waals surface area contributed by atoms with Gasteiger partial charge < -0.3 is 15.4 Å². The predicted octanol–water partition coefficient (Wildman–Crippen LogP) is 3.03. The third-order valence-corrected chi connectivity index (χ3v) is 5.10. The number of unbranched alkanes of at least 4 members (excludes halogenated alkanes) is 1. The number of aromatic nitrogens is 2. The number of carbonyl (C=O) groups is 1. The average molecular weight is 457 g/mol. The van der Waals surface area contributed by atoms with Gasteiger partial charge in [-0.2, -0.15) is 0 Å². The summed E-state index contributed by atoms with van der Waals surface area (Å²) in [6.45, 7) is 2.06. The molecule has 9 heteroatoms. The van der Waals surface area contributed by atoms with Gasteiger partial charge in [0.05, 0.1) is 6.54 Å². The Labute approximate surface area is 190 Å². The van der Waals surface area contributed by atoms with E-state index in [-0.39, 0.29) is 31.2 Å². The molecule has 0 fully saturated rings. The van der Waals surface area contributed by atoms with E-state index < -0.39 is 17.2 Å². The fourth-order valence-electron chi connectivity index (χ4n) is 3.22. The number of ether oxygens (including phenoxy) is 1. The maximum Gasteiger partial charge on any atom is 0.330 e. The van der Waals surface area contributed by atoms with Crippen LogP contribution >= 0.6 is 11.6 Å². The number of H-pyrrole nitrogens is 1. The lowest BCUT2D eigenvalue weighted by atomic mass is 10.2. The van der Waals surface area contributed by atoms with Crippen LogP contribution in [0.15, 0.2) is 64.2 Å². The minimum Gasteiger partial charge on any atom is -0.484 e. The Morgan fingerprint density at radius 2 is 1.91 bits per heavy atom. The first-order valence-corrected chi connectivity index (χ1v) is 10.6. The van der Waals surface area contributed by atoms with Crippen molar-refractivity contribution < 1.29 is 9.53 Å². The molecule has 3 N–H and O–H groups in total. The highest BCUT2D eigenvalue weighted by molar-refractivity contribution is 6.30. The number of anilines is 2. The molecule has 32 heavy (non-hydrogen) atoms. The molecule has 0 bridgehead atoms. The molecule has 8 nitrogen and oxygen atoms in total. The number of hydrogen-bond acceptors (Lipinski definition) is 5. The van der Waals surface area contributed by atoms with E-state index in [1.165, 1.54) is 9.47 Å². The van der Waals surface area contributed by atoms with Crippen LogP contribution in [0.4, 0.5) is 11.5 Å². The summed E-state index contributed by atoms with van der Waals surface area (Å²) in [5, 5.41) is 0.478. The van der Waals surface area contributed by atoms with E-state index in [0.29, 0.717) is 17.2 Å². The van der Waals surface area contributed by atoms with Crippen LogP contribution in [0.2, 0.25) is 5.02 Å². The molecule has 3 aromatic rings. The van der Waals surface area contributed by atoms with Gasteiger partial charge in [-0.25, -0.2) is 4.79 Å². The molecule has 2 aromatic carbocycles.